The number of nitrogens with one attached hydrogen (secondary N) is 2. The van der Waals surface area contributed by atoms with Crippen molar-refractivity contribution >= 4 is 11.8 Å². The molecule has 3 unspecified atom stereocenters. The maximum Gasteiger partial charge on any atom is 0.437 e. The zero-order valence-corrected chi connectivity index (χ0v) is 16.0. The molecule has 1 aliphatic rings. The van der Waals surface area contributed by atoms with E-state index in [0.29, 0.717) is 11.5 Å². The van der Waals surface area contributed by atoms with Crippen LogP contribution >= 0.6 is 0 Å². The van der Waals surface area contributed by atoms with Crippen LogP contribution in [-0.4, -0.2) is 43.0 Å². The molecular weight excluding hydrogens is 405 g/mol. The van der Waals surface area contributed by atoms with E-state index in [2.05, 4.69) is 5.32 Å². The average molecular weight is 424 g/mol. The molecule has 10 heteroatoms. The summed E-state index contributed by atoms with van der Waals surface area (Å²) in [6, 6.07) is 8.49. The van der Waals surface area contributed by atoms with Gasteiger partial charge in [0.2, 0.25) is 5.72 Å². The van der Waals surface area contributed by atoms with Crippen LogP contribution in [0, 0.1) is 5.92 Å². The number of ketones is 1. The Morgan fingerprint density at radius 3 is 1.97 bits per heavy atom. The molecule has 0 aromatic heterocycles. The van der Waals surface area contributed by atoms with Crippen molar-refractivity contribution in [3.8, 4) is 11.5 Å². The Kier molecular flexibility index (Phi) is 5.62. The molecule has 0 bridgehead atoms. The lowest BCUT2D eigenvalue weighted by Crippen LogP contribution is -2.72. The molecule has 0 spiro atoms. The van der Waals surface area contributed by atoms with Crippen LogP contribution in [0.3, 0.4) is 0 Å². The molecular formula is C20H19F3N2O5. The van der Waals surface area contributed by atoms with Crippen LogP contribution in [0.15, 0.2) is 48.5 Å². The van der Waals surface area contributed by atoms with Crippen LogP contribution in [-0.2, 0) is 0 Å². The van der Waals surface area contributed by atoms with Crippen molar-refractivity contribution in [2.75, 3.05) is 14.2 Å². The van der Waals surface area contributed by atoms with E-state index < -0.39 is 35.7 Å². The molecule has 0 aliphatic carbocycles. The van der Waals surface area contributed by atoms with Gasteiger partial charge >= 0.3 is 12.2 Å². The molecule has 1 fully saturated rings. The monoisotopic (exact) mass is 424 g/mol. The van der Waals surface area contributed by atoms with Crippen LogP contribution in [0.25, 0.3) is 0 Å². The molecule has 0 saturated carbocycles. The Hall–Kier alpha value is -3.27. The van der Waals surface area contributed by atoms with Crippen LogP contribution in [0.4, 0.5) is 18.0 Å². The lowest BCUT2D eigenvalue weighted by atomic mass is 9.77. The summed E-state index contributed by atoms with van der Waals surface area (Å²) in [5, 5.41) is 14.3. The normalized spacial score (nSPS) is 23.9. The van der Waals surface area contributed by atoms with Crippen LogP contribution in [0.2, 0.25) is 0 Å². The van der Waals surface area contributed by atoms with Gasteiger partial charge in [-0.05, 0) is 42.0 Å². The maximum atomic E-state index is 13.9. The number of rotatable bonds is 5. The number of Topliss-reactive ketones (excluding diaryl/α,β-unsaturated/α-hetero) is 1. The van der Waals surface area contributed by atoms with Gasteiger partial charge in [-0.1, -0.05) is 12.1 Å². The zero-order valence-electron chi connectivity index (χ0n) is 16.0. The molecule has 1 heterocycles. The van der Waals surface area contributed by atoms with Crippen molar-refractivity contribution in [3.05, 3.63) is 59.7 Å². The fourth-order valence-corrected chi connectivity index (χ4v) is 3.36. The topological polar surface area (TPSA) is 96.9 Å². The zero-order chi connectivity index (χ0) is 22.1. The second kappa shape index (κ2) is 7.86. The molecule has 2 amide bonds. The molecule has 160 valence electrons. The van der Waals surface area contributed by atoms with Gasteiger partial charge in [-0.3, -0.25) is 4.79 Å². The molecule has 1 aliphatic heterocycles. The van der Waals surface area contributed by atoms with Gasteiger partial charge in [0, 0.05) is 5.56 Å². The van der Waals surface area contributed by atoms with Crippen molar-refractivity contribution in [1.82, 2.24) is 10.6 Å². The number of ether oxygens (including phenoxy) is 2. The Bertz CT molecular complexity index is 931. The summed E-state index contributed by atoms with van der Waals surface area (Å²) in [6.45, 7) is 0. The Morgan fingerprint density at radius 1 is 1.00 bits per heavy atom. The summed E-state index contributed by atoms with van der Waals surface area (Å²) < 4.78 is 51.6. The molecule has 2 aromatic rings. The first-order valence-electron chi connectivity index (χ1n) is 8.80. The highest BCUT2D eigenvalue weighted by atomic mass is 19.4. The molecule has 3 rings (SSSR count). The summed E-state index contributed by atoms with van der Waals surface area (Å²) >= 11 is 0. The van der Waals surface area contributed by atoms with Crippen LogP contribution in [0.5, 0.6) is 11.5 Å². The van der Waals surface area contributed by atoms with E-state index in [1.165, 1.54) is 68.1 Å². The number of carbonyl (C=O) groups is 2. The largest absolute Gasteiger partial charge is 0.497 e. The minimum Gasteiger partial charge on any atom is -0.497 e. The summed E-state index contributed by atoms with van der Waals surface area (Å²) in [6.07, 6.45) is -5.32. The molecule has 1 saturated heterocycles. The fourth-order valence-electron chi connectivity index (χ4n) is 3.36. The van der Waals surface area contributed by atoms with Gasteiger partial charge in [0.1, 0.15) is 17.4 Å². The van der Waals surface area contributed by atoms with Gasteiger partial charge in [-0.2, -0.15) is 13.2 Å². The number of alkyl halides is 3. The number of amides is 2. The second-order valence-electron chi connectivity index (χ2n) is 6.68. The van der Waals surface area contributed by atoms with E-state index >= 15 is 0 Å². The first kappa shape index (κ1) is 21.4. The minimum absolute atomic E-state index is 0.0834. The predicted molar refractivity (Wildman–Crippen MR) is 99.2 cm³/mol. The van der Waals surface area contributed by atoms with E-state index in [0.717, 1.165) is 0 Å². The van der Waals surface area contributed by atoms with E-state index in [-0.39, 0.29) is 11.1 Å². The Labute approximate surface area is 169 Å². The highest BCUT2D eigenvalue weighted by Crippen LogP contribution is 2.44. The second-order valence-corrected chi connectivity index (χ2v) is 6.68. The lowest BCUT2D eigenvalue weighted by Gasteiger charge is -2.45. The van der Waals surface area contributed by atoms with Crippen LogP contribution in [0.1, 0.15) is 22.0 Å². The van der Waals surface area contributed by atoms with E-state index in [1.54, 1.807) is 0 Å². The van der Waals surface area contributed by atoms with E-state index in [1.807, 2.05) is 0 Å². The predicted octanol–water partition coefficient (Wildman–Crippen LogP) is 2.81. The molecule has 7 nitrogen and oxygen atoms in total. The summed E-state index contributed by atoms with van der Waals surface area (Å²) in [4.78, 5) is 25.1. The SMILES string of the molecule is COc1ccc(C(=O)C2C(c3ccc(OC)cc3)NC(=O)NC2(O)C(F)(F)F)cc1. The van der Waals surface area contributed by atoms with Gasteiger partial charge in [-0.25, -0.2) is 4.79 Å². The minimum atomic E-state index is -5.32. The van der Waals surface area contributed by atoms with Crippen molar-refractivity contribution < 1.29 is 37.3 Å². The standard InChI is InChI=1S/C20H19F3N2O5/c1-29-13-7-3-11(4-8-13)16-15(17(26)12-5-9-14(30-2)10-6-12)19(28,20(21,22)23)25-18(27)24-16/h3-10,15-16,28H,1-2H3,(H2,24,25,27). The lowest BCUT2D eigenvalue weighted by molar-refractivity contribution is -0.287. The van der Waals surface area contributed by atoms with Crippen molar-refractivity contribution in [2.24, 2.45) is 5.92 Å². The summed E-state index contributed by atoms with van der Waals surface area (Å²) in [5.41, 5.74) is -3.67. The number of hydrogen-bond donors (Lipinski definition) is 3. The summed E-state index contributed by atoms with van der Waals surface area (Å²) in [5.74, 6) is -2.27. The van der Waals surface area contributed by atoms with Gasteiger partial charge in [0.05, 0.1) is 20.3 Å². The molecule has 3 N–H and O–H groups in total. The average Bonchev–Trinajstić information content (AvgIpc) is 2.72. The Morgan fingerprint density at radius 2 is 1.50 bits per heavy atom. The van der Waals surface area contributed by atoms with Gasteiger partial charge in [0.15, 0.2) is 5.78 Å². The number of hydrogen-bond acceptors (Lipinski definition) is 5. The third-order valence-corrected chi connectivity index (χ3v) is 4.94. The fraction of sp³-hybridized carbons (Fsp3) is 0.300. The number of methoxy groups -OCH3 is 2. The van der Waals surface area contributed by atoms with E-state index in [9.17, 15) is 27.9 Å². The van der Waals surface area contributed by atoms with Crippen molar-refractivity contribution in [2.45, 2.75) is 17.9 Å². The number of carbonyl (C=O) groups excluding carboxylic acids is 2. The molecule has 3 atom stereocenters. The van der Waals surface area contributed by atoms with Gasteiger partial charge < -0.3 is 25.2 Å². The molecule has 0 radical (unpaired) electrons. The smallest absolute Gasteiger partial charge is 0.437 e. The highest BCUT2D eigenvalue weighted by Gasteiger charge is 2.66. The van der Waals surface area contributed by atoms with Crippen LogP contribution < -0.4 is 20.1 Å². The third-order valence-electron chi connectivity index (χ3n) is 4.94. The third kappa shape index (κ3) is 3.78. The Balaban J connectivity index is 2.11. The van der Waals surface area contributed by atoms with Crippen molar-refractivity contribution in [3.63, 3.8) is 0 Å². The highest BCUT2D eigenvalue weighted by molar-refractivity contribution is 6.00. The summed E-state index contributed by atoms with van der Waals surface area (Å²) in [7, 11) is 2.82. The number of benzene rings is 2. The first-order chi connectivity index (χ1) is 14.1. The number of halogens is 3. The quantitative estimate of drug-likeness (QED) is 0.642. The number of urea groups is 1. The van der Waals surface area contributed by atoms with E-state index in [4.69, 9.17) is 9.47 Å². The van der Waals surface area contributed by atoms with Crippen molar-refractivity contribution in [1.29, 1.82) is 0 Å². The number of aliphatic hydroxyl groups is 1. The molecule has 30 heavy (non-hydrogen) atoms. The van der Waals surface area contributed by atoms with Gasteiger partial charge in [0.25, 0.3) is 0 Å². The first-order valence-corrected chi connectivity index (χ1v) is 8.80. The van der Waals surface area contributed by atoms with Gasteiger partial charge in [-0.15, -0.1) is 0 Å². The molecule has 2 aromatic carbocycles. The maximum absolute atomic E-state index is 13.9.